The number of halogens is 1. The minimum Gasteiger partial charge on any atom is -0.308 e. The molecule has 2 aromatic heterocycles. The molecule has 0 aromatic carbocycles. The molecule has 0 aliphatic heterocycles. The number of carbonyl (C=O) groups excluding carboxylic acids is 1. The molecule has 0 radical (unpaired) electrons. The van der Waals surface area contributed by atoms with Gasteiger partial charge in [0, 0.05) is 22.4 Å². The van der Waals surface area contributed by atoms with Crippen molar-refractivity contribution in [3.63, 3.8) is 0 Å². The lowest BCUT2D eigenvalue weighted by Crippen LogP contribution is -2.14. The van der Waals surface area contributed by atoms with E-state index in [9.17, 15) is 4.79 Å². The van der Waals surface area contributed by atoms with Crippen LogP contribution in [0, 0.1) is 0 Å². The molecule has 0 aliphatic rings. The Labute approximate surface area is 112 Å². The SMILES string of the molecule is NNc1cc(C(=O)Nc2ccc(Br)cn2)ccn1. The van der Waals surface area contributed by atoms with Crippen LogP contribution in [-0.2, 0) is 0 Å². The molecule has 4 N–H and O–H groups in total. The smallest absolute Gasteiger partial charge is 0.257 e. The standard InChI is InChI=1S/C11H10BrN5O/c12-8-1-2-9(15-6-8)16-11(18)7-3-4-14-10(5-7)17-13/h1-6H,13H2,(H,14,17)(H,15,16,18). The minimum absolute atomic E-state index is 0.274. The highest BCUT2D eigenvalue weighted by Gasteiger charge is 2.07. The maximum absolute atomic E-state index is 11.9. The molecule has 6 nitrogen and oxygen atoms in total. The van der Waals surface area contributed by atoms with Crippen LogP contribution >= 0.6 is 15.9 Å². The number of nitrogen functional groups attached to an aromatic ring is 1. The highest BCUT2D eigenvalue weighted by molar-refractivity contribution is 9.10. The molecular weight excluding hydrogens is 298 g/mol. The molecule has 0 spiro atoms. The fraction of sp³-hybridized carbons (Fsp3) is 0. The number of rotatable bonds is 3. The van der Waals surface area contributed by atoms with E-state index >= 15 is 0 Å². The van der Waals surface area contributed by atoms with E-state index in [1.54, 1.807) is 30.5 Å². The van der Waals surface area contributed by atoms with E-state index in [2.05, 4.69) is 36.6 Å². The van der Waals surface area contributed by atoms with E-state index in [1.807, 2.05) is 0 Å². The molecule has 7 heteroatoms. The molecule has 2 heterocycles. The van der Waals surface area contributed by atoms with Gasteiger partial charge in [-0.15, -0.1) is 0 Å². The van der Waals surface area contributed by atoms with Gasteiger partial charge in [0.05, 0.1) is 0 Å². The second kappa shape index (κ2) is 5.56. The molecule has 0 saturated carbocycles. The Kier molecular flexibility index (Phi) is 3.85. The number of nitrogens with two attached hydrogens (primary N) is 1. The van der Waals surface area contributed by atoms with Crippen molar-refractivity contribution >= 4 is 33.5 Å². The van der Waals surface area contributed by atoms with Gasteiger partial charge in [0.2, 0.25) is 0 Å². The van der Waals surface area contributed by atoms with Gasteiger partial charge in [-0.2, -0.15) is 0 Å². The van der Waals surface area contributed by atoms with Crippen LogP contribution in [0.4, 0.5) is 11.6 Å². The van der Waals surface area contributed by atoms with Crippen LogP contribution in [0.25, 0.3) is 0 Å². The van der Waals surface area contributed by atoms with Crippen LogP contribution < -0.4 is 16.6 Å². The Morgan fingerprint density at radius 2 is 2.06 bits per heavy atom. The molecular formula is C11H10BrN5O. The van der Waals surface area contributed by atoms with Crippen LogP contribution in [0.15, 0.2) is 41.1 Å². The summed E-state index contributed by atoms with van der Waals surface area (Å²) in [6.07, 6.45) is 3.11. The van der Waals surface area contributed by atoms with E-state index in [4.69, 9.17) is 5.84 Å². The minimum atomic E-state index is -0.274. The zero-order chi connectivity index (χ0) is 13.0. The summed E-state index contributed by atoms with van der Waals surface area (Å²) >= 11 is 3.27. The molecule has 18 heavy (non-hydrogen) atoms. The topological polar surface area (TPSA) is 92.9 Å². The van der Waals surface area contributed by atoms with Crippen LogP contribution in [0.3, 0.4) is 0 Å². The summed E-state index contributed by atoms with van der Waals surface area (Å²) in [6.45, 7) is 0. The number of pyridine rings is 2. The third-order valence-corrected chi connectivity index (χ3v) is 2.61. The number of amides is 1. The van der Waals surface area contributed by atoms with Crippen molar-refractivity contribution in [2.24, 2.45) is 5.84 Å². The van der Waals surface area contributed by atoms with Gasteiger partial charge in [-0.1, -0.05) is 0 Å². The first-order valence-corrected chi connectivity index (χ1v) is 5.84. The number of nitrogens with one attached hydrogen (secondary N) is 2. The monoisotopic (exact) mass is 307 g/mol. The lowest BCUT2D eigenvalue weighted by atomic mass is 10.2. The molecule has 0 fully saturated rings. The molecule has 2 rings (SSSR count). The summed E-state index contributed by atoms with van der Waals surface area (Å²) in [7, 11) is 0. The van der Waals surface area contributed by atoms with Crippen LogP contribution in [0.1, 0.15) is 10.4 Å². The second-order valence-corrected chi connectivity index (χ2v) is 4.31. The number of carbonyl (C=O) groups is 1. The highest BCUT2D eigenvalue weighted by atomic mass is 79.9. The Hall–Kier alpha value is -1.99. The third-order valence-electron chi connectivity index (χ3n) is 2.14. The summed E-state index contributed by atoms with van der Waals surface area (Å²) in [5.41, 5.74) is 2.83. The van der Waals surface area contributed by atoms with Crippen LogP contribution in [-0.4, -0.2) is 15.9 Å². The molecule has 2 aromatic rings. The van der Waals surface area contributed by atoms with Crippen molar-refractivity contribution in [1.82, 2.24) is 9.97 Å². The maximum Gasteiger partial charge on any atom is 0.257 e. The third kappa shape index (κ3) is 3.02. The largest absolute Gasteiger partial charge is 0.308 e. The molecule has 0 bridgehead atoms. The first-order valence-electron chi connectivity index (χ1n) is 5.04. The summed E-state index contributed by atoms with van der Waals surface area (Å²) in [5.74, 6) is 5.85. The van der Waals surface area contributed by atoms with Gasteiger partial charge in [-0.3, -0.25) is 4.79 Å². The quantitative estimate of drug-likeness (QED) is 0.593. The number of hydrogen-bond acceptors (Lipinski definition) is 5. The van der Waals surface area contributed by atoms with E-state index in [1.165, 1.54) is 6.20 Å². The highest BCUT2D eigenvalue weighted by Crippen LogP contribution is 2.12. The van der Waals surface area contributed by atoms with Gasteiger partial charge in [0.15, 0.2) is 0 Å². The summed E-state index contributed by atoms with van der Waals surface area (Å²) in [5, 5.41) is 2.67. The Bertz CT molecular complexity index is 558. The average Bonchev–Trinajstić information content (AvgIpc) is 2.41. The molecule has 0 unspecified atom stereocenters. The Morgan fingerprint density at radius 3 is 2.72 bits per heavy atom. The lowest BCUT2D eigenvalue weighted by Gasteiger charge is -2.05. The molecule has 92 valence electrons. The summed E-state index contributed by atoms with van der Waals surface area (Å²) < 4.78 is 0.846. The summed E-state index contributed by atoms with van der Waals surface area (Å²) in [4.78, 5) is 19.9. The van der Waals surface area contributed by atoms with Crippen molar-refractivity contribution < 1.29 is 4.79 Å². The fourth-order valence-corrected chi connectivity index (χ4v) is 1.52. The number of hydrogen-bond donors (Lipinski definition) is 3. The van der Waals surface area contributed by atoms with Gasteiger partial charge in [-0.05, 0) is 40.2 Å². The number of aromatic nitrogens is 2. The van der Waals surface area contributed by atoms with Crippen molar-refractivity contribution in [1.29, 1.82) is 0 Å². The predicted octanol–water partition coefficient (Wildman–Crippen LogP) is 1.78. The van der Waals surface area contributed by atoms with E-state index < -0.39 is 0 Å². The number of hydrazine groups is 1. The van der Waals surface area contributed by atoms with Crippen molar-refractivity contribution in [3.05, 3.63) is 46.7 Å². The van der Waals surface area contributed by atoms with E-state index in [0.29, 0.717) is 17.2 Å². The first kappa shape index (κ1) is 12.5. The fourth-order valence-electron chi connectivity index (χ4n) is 1.29. The van der Waals surface area contributed by atoms with Gasteiger partial charge >= 0.3 is 0 Å². The van der Waals surface area contributed by atoms with E-state index in [-0.39, 0.29) is 5.91 Å². The Morgan fingerprint density at radius 1 is 1.22 bits per heavy atom. The number of anilines is 2. The van der Waals surface area contributed by atoms with Crippen molar-refractivity contribution in [3.8, 4) is 0 Å². The van der Waals surface area contributed by atoms with Gasteiger partial charge in [-0.25, -0.2) is 15.8 Å². The van der Waals surface area contributed by atoms with Gasteiger partial charge in [0.25, 0.3) is 5.91 Å². The molecule has 0 aliphatic carbocycles. The van der Waals surface area contributed by atoms with E-state index in [0.717, 1.165) is 4.47 Å². The van der Waals surface area contributed by atoms with Crippen molar-refractivity contribution in [2.45, 2.75) is 0 Å². The molecule has 0 atom stereocenters. The van der Waals surface area contributed by atoms with Gasteiger partial charge < -0.3 is 10.7 Å². The Balaban J connectivity index is 2.14. The van der Waals surface area contributed by atoms with Gasteiger partial charge in [0.1, 0.15) is 11.6 Å². The average molecular weight is 308 g/mol. The first-order chi connectivity index (χ1) is 8.69. The van der Waals surface area contributed by atoms with Crippen LogP contribution in [0.5, 0.6) is 0 Å². The van der Waals surface area contributed by atoms with Crippen LogP contribution in [0.2, 0.25) is 0 Å². The maximum atomic E-state index is 11.9. The summed E-state index contributed by atoms with van der Waals surface area (Å²) in [6, 6.07) is 6.64. The number of nitrogens with zero attached hydrogens (tertiary/aromatic N) is 2. The lowest BCUT2D eigenvalue weighted by molar-refractivity contribution is 0.102. The molecule has 1 amide bonds. The second-order valence-electron chi connectivity index (χ2n) is 3.39. The van der Waals surface area contributed by atoms with Crippen molar-refractivity contribution in [2.75, 3.05) is 10.7 Å². The zero-order valence-corrected chi connectivity index (χ0v) is 10.8. The molecule has 0 saturated heterocycles. The zero-order valence-electron chi connectivity index (χ0n) is 9.22. The predicted molar refractivity (Wildman–Crippen MR) is 71.9 cm³/mol. The normalized spacial score (nSPS) is 9.89.